The van der Waals surface area contributed by atoms with Gasteiger partial charge in [0.2, 0.25) is 0 Å². The number of carbonyl (C=O) groups excluding carboxylic acids is 3. The maximum Gasteiger partial charge on any atom is 0.332 e. The Morgan fingerprint density at radius 1 is 1.09 bits per heavy atom. The number of aliphatic hydroxyl groups is 1. The van der Waals surface area contributed by atoms with E-state index in [2.05, 4.69) is 34.6 Å². The zero-order chi connectivity index (χ0) is 24.6. The van der Waals surface area contributed by atoms with Crippen LogP contribution in [0.1, 0.15) is 99.3 Å². The first kappa shape index (κ1) is 26.1. The van der Waals surface area contributed by atoms with E-state index in [4.69, 9.17) is 4.74 Å². The quantitative estimate of drug-likeness (QED) is 0.405. The number of allylic oxidation sites excluding steroid dienone is 1. The Morgan fingerprint density at radius 3 is 2.42 bits per heavy atom. The number of Topliss-reactive ketones (excluding diaryl/α,β-unsaturated/α-hetero) is 2. The van der Waals surface area contributed by atoms with Crippen molar-refractivity contribution in [2.75, 3.05) is 0 Å². The lowest BCUT2D eigenvalue weighted by Crippen LogP contribution is -2.46. The van der Waals surface area contributed by atoms with Crippen molar-refractivity contribution in [3.63, 3.8) is 0 Å². The molecule has 7 atom stereocenters. The largest absolute Gasteiger partial charge is 0.448 e. The minimum absolute atomic E-state index is 0.00890. The topological polar surface area (TPSA) is 80.7 Å². The van der Waals surface area contributed by atoms with Gasteiger partial charge in [0.25, 0.3) is 0 Å². The van der Waals surface area contributed by atoms with Crippen LogP contribution in [0.4, 0.5) is 0 Å². The smallest absolute Gasteiger partial charge is 0.332 e. The van der Waals surface area contributed by atoms with Crippen molar-refractivity contribution in [1.29, 1.82) is 0 Å². The van der Waals surface area contributed by atoms with Gasteiger partial charge in [-0.15, -0.1) is 0 Å². The molecular formula is C28H44O5. The van der Waals surface area contributed by atoms with Gasteiger partial charge in [0.05, 0.1) is 6.10 Å². The Bertz CT molecular complexity index is 798. The molecule has 0 amide bonds. The monoisotopic (exact) mass is 460 g/mol. The third kappa shape index (κ3) is 5.44. The van der Waals surface area contributed by atoms with Crippen LogP contribution >= 0.6 is 0 Å². The van der Waals surface area contributed by atoms with Crippen LogP contribution in [0.25, 0.3) is 0 Å². The molecule has 0 heterocycles. The van der Waals surface area contributed by atoms with Gasteiger partial charge < -0.3 is 9.84 Å². The third-order valence-corrected chi connectivity index (χ3v) is 9.46. The van der Waals surface area contributed by atoms with E-state index in [0.717, 1.165) is 19.3 Å². The number of carbonyl (C=O) groups is 3. The average molecular weight is 461 g/mol. The summed E-state index contributed by atoms with van der Waals surface area (Å²) in [6.07, 6.45) is 7.28. The summed E-state index contributed by atoms with van der Waals surface area (Å²) in [6.45, 7) is 13.2. The first-order valence-corrected chi connectivity index (χ1v) is 13.1. The number of hydrogen-bond acceptors (Lipinski definition) is 5. The Balaban J connectivity index is 1.72. The first-order valence-electron chi connectivity index (χ1n) is 13.1. The lowest BCUT2D eigenvalue weighted by Gasteiger charge is -2.44. The summed E-state index contributed by atoms with van der Waals surface area (Å²) < 4.78 is 5.61. The molecule has 0 aromatic heterocycles. The molecule has 0 saturated heterocycles. The number of hydrogen-bond donors (Lipinski definition) is 1. The van der Waals surface area contributed by atoms with E-state index in [9.17, 15) is 19.5 Å². The SMILES string of the molecule is CC(C)C(C)CCC(C)[C@H]1CC[C@H]2C(=CC(=O)OC3(C)CCC(O)CC3=O)C(=O)CC[C@]12C. The lowest BCUT2D eigenvalue weighted by molar-refractivity contribution is -0.167. The highest BCUT2D eigenvalue weighted by Crippen LogP contribution is 2.59. The van der Waals surface area contributed by atoms with Crippen LogP contribution in [0.2, 0.25) is 0 Å². The fourth-order valence-electron chi connectivity index (χ4n) is 6.63. The molecule has 4 unspecified atom stereocenters. The molecule has 0 aromatic rings. The average Bonchev–Trinajstić information content (AvgIpc) is 3.09. The Morgan fingerprint density at radius 2 is 1.79 bits per heavy atom. The molecule has 3 rings (SSSR count). The van der Waals surface area contributed by atoms with Gasteiger partial charge >= 0.3 is 5.97 Å². The number of ether oxygens (including phenoxy) is 1. The van der Waals surface area contributed by atoms with Crippen molar-refractivity contribution in [1.82, 2.24) is 0 Å². The lowest BCUT2D eigenvalue weighted by atomic mass is 9.60. The van der Waals surface area contributed by atoms with Crippen molar-refractivity contribution in [2.45, 2.75) is 111 Å². The van der Waals surface area contributed by atoms with Crippen molar-refractivity contribution in [2.24, 2.45) is 35.0 Å². The molecule has 0 bridgehead atoms. The molecule has 5 heteroatoms. The van der Waals surface area contributed by atoms with Crippen molar-refractivity contribution in [3.05, 3.63) is 11.6 Å². The van der Waals surface area contributed by atoms with Gasteiger partial charge in [-0.05, 0) is 74.0 Å². The maximum atomic E-state index is 12.9. The predicted octanol–water partition coefficient (Wildman–Crippen LogP) is 5.43. The van der Waals surface area contributed by atoms with E-state index >= 15 is 0 Å². The van der Waals surface area contributed by atoms with Crippen LogP contribution < -0.4 is 0 Å². The zero-order valence-corrected chi connectivity index (χ0v) is 21.5. The number of aliphatic hydroxyl groups excluding tert-OH is 1. The Labute approximate surface area is 199 Å². The number of esters is 1. The van der Waals surface area contributed by atoms with Crippen LogP contribution in [0, 0.1) is 35.0 Å². The van der Waals surface area contributed by atoms with Crippen molar-refractivity contribution >= 4 is 17.5 Å². The molecule has 0 radical (unpaired) electrons. The molecule has 1 N–H and O–H groups in total. The summed E-state index contributed by atoms with van der Waals surface area (Å²) in [4.78, 5) is 38.1. The second-order valence-electron chi connectivity index (χ2n) is 12.0. The normalized spacial score (nSPS) is 37.8. The minimum Gasteiger partial charge on any atom is -0.448 e. The van der Waals surface area contributed by atoms with Gasteiger partial charge in [-0.1, -0.05) is 47.5 Å². The van der Waals surface area contributed by atoms with E-state index < -0.39 is 17.7 Å². The maximum absolute atomic E-state index is 12.9. The fraction of sp³-hybridized carbons (Fsp3) is 0.821. The zero-order valence-electron chi connectivity index (χ0n) is 21.5. The van der Waals surface area contributed by atoms with Gasteiger partial charge in [-0.3, -0.25) is 9.59 Å². The molecule has 0 aliphatic heterocycles. The number of fused-ring (bicyclic) bond motifs is 1. The van der Waals surface area contributed by atoms with Crippen LogP contribution in [0.3, 0.4) is 0 Å². The van der Waals surface area contributed by atoms with E-state index in [1.165, 1.54) is 18.9 Å². The summed E-state index contributed by atoms with van der Waals surface area (Å²) in [7, 11) is 0. The number of ketones is 2. The van der Waals surface area contributed by atoms with Gasteiger partial charge in [0.1, 0.15) is 0 Å². The van der Waals surface area contributed by atoms with Gasteiger partial charge in [-0.25, -0.2) is 4.79 Å². The van der Waals surface area contributed by atoms with E-state index in [-0.39, 0.29) is 29.3 Å². The van der Waals surface area contributed by atoms with Crippen molar-refractivity contribution < 1.29 is 24.2 Å². The van der Waals surface area contributed by atoms with E-state index in [1.54, 1.807) is 6.92 Å². The molecule has 5 nitrogen and oxygen atoms in total. The van der Waals surface area contributed by atoms with Gasteiger partial charge in [-0.2, -0.15) is 0 Å². The number of rotatable bonds is 7. The molecule has 0 aromatic carbocycles. The Hall–Kier alpha value is -1.49. The predicted molar refractivity (Wildman–Crippen MR) is 128 cm³/mol. The third-order valence-electron chi connectivity index (χ3n) is 9.46. The standard InChI is InChI=1S/C28H44O5/c1-17(2)18(3)7-8-19(4)22-9-10-23-21(24(30)12-13-27(22,23)5)16-26(32)33-28(6)14-11-20(29)15-25(28)31/h16-20,22-23,29H,7-15H2,1-6H3/t18?,19?,20?,22-,23+,27-,28?/m1/s1. The van der Waals surface area contributed by atoms with Crippen LogP contribution in [0.15, 0.2) is 11.6 Å². The second-order valence-corrected chi connectivity index (χ2v) is 12.0. The first-order chi connectivity index (χ1) is 15.4. The molecule has 3 saturated carbocycles. The van der Waals surface area contributed by atoms with Gasteiger partial charge in [0.15, 0.2) is 17.2 Å². The Kier molecular flexibility index (Phi) is 7.93. The highest BCUT2D eigenvalue weighted by Gasteiger charge is 2.53. The molecule has 3 aliphatic carbocycles. The highest BCUT2D eigenvalue weighted by molar-refractivity contribution is 6.02. The van der Waals surface area contributed by atoms with E-state index in [0.29, 0.717) is 48.5 Å². The summed E-state index contributed by atoms with van der Waals surface area (Å²) in [5, 5.41) is 9.72. The molecule has 3 aliphatic rings. The summed E-state index contributed by atoms with van der Waals surface area (Å²) >= 11 is 0. The molecular weight excluding hydrogens is 416 g/mol. The van der Waals surface area contributed by atoms with Crippen LogP contribution in [-0.2, 0) is 19.1 Å². The highest BCUT2D eigenvalue weighted by atomic mass is 16.6. The second kappa shape index (κ2) is 10.0. The minimum atomic E-state index is -1.21. The van der Waals surface area contributed by atoms with Crippen LogP contribution in [0.5, 0.6) is 0 Å². The van der Waals surface area contributed by atoms with Gasteiger partial charge in [0, 0.05) is 24.5 Å². The molecule has 0 spiro atoms. The van der Waals surface area contributed by atoms with Crippen molar-refractivity contribution in [3.8, 4) is 0 Å². The van der Waals surface area contributed by atoms with Crippen LogP contribution in [-0.4, -0.2) is 34.3 Å². The fourth-order valence-corrected chi connectivity index (χ4v) is 6.63. The molecule has 3 fully saturated rings. The molecule has 186 valence electrons. The molecule has 33 heavy (non-hydrogen) atoms. The summed E-state index contributed by atoms with van der Waals surface area (Å²) in [5.41, 5.74) is -0.588. The summed E-state index contributed by atoms with van der Waals surface area (Å²) in [6, 6.07) is 0. The van der Waals surface area contributed by atoms with E-state index in [1.807, 2.05) is 0 Å². The summed E-state index contributed by atoms with van der Waals surface area (Å²) in [5.74, 6) is 1.82.